The van der Waals surface area contributed by atoms with E-state index in [1.165, 1.54) is 4.57 Å². The molecule has 0 radical (unpaired) electrons. The Morgan fingerprint density at radius 3 is 2.50 bits per heavy atom. The first kappa shape index (κ1) is 21.7. The fourth-order valence-electron chi connectivity index (χ4n) is 3.20. The lowest BCUT2D eigenvalue weighted by molar-refractivity contribution is -0.131. The number of aromatic nitrogens is 2. The molecule has 0 saturated heterocycles. The minimum Gasteiger partial charge on any atom is -0.351 e. The molecule has 0 bridgehead atoms. The predicted molar refractivity (Wildman–Crippen MR) is 116 cm³/mol. The molecule has 7 heteroatoms. The van der Waals surface area contributed by atoms with E-state index >= 15 is 0 Å². The van der Waals surface area contributed by atoms with Gasteiger partial charge in [0.2, 0.25) is 0 Å². The number of aryl methyl sites for hydroxylation is 1. The molecule has 0 spiro atoms. The maximum absolute atomic E-state index is 13.2. The Kier molecular flexibility index (Phi) is 7.32. The zero-order valence-electron chi connectivity index (χ0n) is 17.6. The van der Waals surface area contributed by atoms with Gasteiger partial charge in [-0.25, -0.2) is 4.98 Å². The summed E-state index contributed by atoms with van der Waals surface area (Å²) in [7, 11) is 0. The van der Waals surface area contributed by atoms with Crippen molar-refractivity contribution in [3.8, 4) is 0 Å². The van der Waals surface area contributed by atoms with Crippen molar-refractivity contribution in [1.29, 1.82) is 0 Å². The van der Waals surface area contributed by atoms with Crippen molar-refractivity contribution >= 4 is 16.9 Å². The third-order valence-electron chi connectivity index (χ3n) is 4.69. The summed E-state index contributed by atoms with van der Waals surface area (Å²) in [5.41, 5.74) is 2.32. The van der Waals surface area contributed by atoms with Gasteiger partial charge in [-0.3, -0.25) is 14.2 Å². The molecule has 0 aliphatic carbocycles. The monoisotopic (exact) mass is 409 g/mol. The lowest BCUT2D eigenvalue weighted by Crippen LogP contribution is -2.39. The average Bonchev–Trinajstić information content (AvgIpc) is 2.75. The Labute approximate surface area is 175 Å². The summed E-state index contributed by atoms with van der Waals surface area (Å²) >= 11 is 0. The van der Waals surface area contributed by atoms with Crippen molar-refractivity contribution in [1.82, 2.24) is 14.9 Å². The van der Waals surface area contributed by atoms with E-state index in [1.54, 1.807) is 18.3 Å². The van der Waals surface area contributed by atoms with Crippen LogP contribution in [0.4, 0.5) is 0 Å². The Morgan fingerprint density at radius 1 is 1.13 bits per heavy atom. The van der Waals surface area contributed by atoms with Crippen LogP contribution in [0.15, 0.2) is 53.5 Å². The largest absolute Gasteiger partial charge is 0.351 e. The van der Waals surface area contributed by atoms with Crippen LogP contribution in [-0.4, -0.2) is 41.5 Å². The Hall–Kier alpha value is -3.03. The number of carbonyl (C=O) groups excluding carboxylic acids is 1. The van der Waals surface area contributed by atoms with Crippen LogP contribution in [0.3, 0.4) is 0 Å². The van der Waals surface area contributed by atoms with Crippen molar-refractivity contribution in [2.24, 2.45) is 0 Å². The van der Waals surface area contributed by atoms with Crippen LogP contribution >= 0.6 is 0 Å². The Bertz CT molecular complexity index is 1050. The van der Waals surface area contributed by atoms with Crippen LogP contribution in [-0.2, 0) is 16.0 Å². The molecule has 0 atom stereocenters. The van der Waals surface area contributed by atoms with Crippen LogP contribution in [0.5, 0.6) is 0 Å². The smallest absolute Gasteiger partial charge is 0.265 e. The highest BCUT2D eigenvalue weighted by atomic mass is 16.7. The lowest BCUT2D eigenvalue weighted by Gasteiger charge is -2.18. The highest BCUT2D eigenvalue weighted by Gasteiger charge is 2.18. The van der Waals surface area contributed by atoms with Gasteiger partial charge in [-0.1, -0.05) is 29.8 Å². The molecule has 3 rings (SSSR count). The van der Waals surface area contributed by atoms with Gasteiger partial charge >= 0.3 is 0 Å². The molecule has 1 N–H and O–H groups in total. The minimum absolute atomic E-state index is 0.0642. The minimum atomic E-state index is -0.555. The number of nitrogens with zero attached hydrogens (tertiary/aromatic N) is 2. The maximum atomic E-state index is 13.2. The highest BCUT2D eigenvalue weighted by Crippen LogP contribution is 2.13. The molecular weight excluding hydrogens is 382 g/mol. The fourth-order valence-corrected chi connectivity index (χ4v) is 3.20. The molecule has 158 valence electrons. The number of pyridine rings is 2. The van der Waals surface area contributed by atoms with Gasteiger partial charge in [0.1, 0.15) is 11.2 Å². The number of hydrogen-bond acceptors (Lipinski definition) is 5. The molecular formula is C23H27N3O4. The molecule has 0 saturated carbocycles. The zero-order chi connectivity index (χ0) is 21.5. The fraction of sp³-hybridized carbons (Fsp3) is 0.348. The number of fused-ring (bicyclic) bond motifs is 1. The number of benzene rings is 1. The number of nitrogens with one attached hydrogen (secondary N) is 1. The average molecular weight is 409 g/mol. The van der Waals surface area contributed by atoms with Gasteiger partial charge in [-0.2, -0.15) is 0 Å². The van der Waals surface area contributed by atoms with Crippen LogP contribution in [0.2, 0.25) is 0 Å². The van der Waals surface area contributed by atoms with E-state index in [2.05, 4.69) is 10.3 Å². The maximum Gasteiger partial charge on any atom is 0.265 e. The molecule has 7 nitrogen and oxygen atoms in total. The molecule has 0 unspecified atom stereocenters. The topological polar surface area (TPSA) is 82.5 Å². The Balaban J connectivity index is 1.93. The number of rotatable bonds is 9. The third-order valence-corrected chi connectivity index (χ3v) is 4.69. The number of ether oxygens (including phenoxy) is 2. The third kappa shape index (κ3) is 5.11. The van der Waals surface area contributed by atoms with E-state index in [0.717, 1.165) is 16.5 Å². The number of amides is 1. The normalized spacial score (nSPS) is 11.2. The molecule has 0 aliphatic rings. The second-order valence-electron chi connectivity index (χ2n) is 6.90. The summed E-state index contributed by atoms with van der Waals surface area (Å²) in [5.74, 6) is -0.465. The second kappa shape index (κ2) is 10.1. The van der Waals surface area contributed by atoms with Crippen LogP contribution in [0, 0.1) is 6.92 Å². The number of hydrogen-bond donors (Lipinski definition) is 1. The summed E-state index contributed by atoms with van der Waals surface area (Å²) in [4.78, 5) is 30.4. The van der Waals surface area contributed by atoms with E-state index < -0.39 is 12.2 Å². The standard InChI is InChI=1S/C23H27N3O4/c1-4-29-20(30-5-2)14-25-22(27)19-13-18-7-6-12-24-21(18)26(23(19)28)15-17-10-8-16(3)9-11-17/h6-13,20H,4-5,14-15H2,1-3H3,(H,25,27). The summed E-state index contributed by atoms with van der Waals surface area (Å²) in [5, 5.41) is 3.47. The Morgan fingerprint density at radius 2 is 1.83 bits per heavy atom. The molecule has 0 fully saturated rings. The van der Waals surface area contributed by atoms with Gasteiger partial charge in [0.05, 0.1) is 13.1 Å². The molecule has 0 aliphatic heterocycles. The van der Waals surface area contributed by atoms with Crippen molar-refractivity contribution in [2.45, 2.75) is 33.6 Å². The molecule has 1 aromatic carbocycles. The van der Waals surface area contributed by atoms with Crippen molar-refractivity contribution < 1.29 is 14.3 Å². The molecule has 2 aromatic heterocycles. The summed E-state index contributed by atoms with van der Waals surface area (Å²) in [6, 6.07) is 13.1. The summed E-state index contributed by atoms with van der Waals surface area (Å²) < 4.78 is 12.4. The van der Waals surface area contributed by atoms with E-state index in [4.69, 9.17) is 9.47 Å². The first-order valence-corrected chi connectivity index (χ1v) is 10.1. The quantitative estimate of drug-likeness (QED) is 0.550. The molecule has 30 heavy (non-hydrogen) atoms. The molecule has 1 amide bonds. The van der Waals surface area contributed by atoms with Gasteiger partial charge < -0.3 is 14.8 Å². The van der Waals surface area contributed by atoms with Crippen molar-refractivity contribution in [2.75, 3.05) is 19.8 Å². The summed E-state index contributed by atoms with van der Waals surface area (Å²) in [6.07, 6.45) is 1.09. The van der Waals surface area contributed by atoms with Crippen molar-refractivity contribution in [3.63, 3.8) is 0 Å². The van der Waals surface area contributed by atoms with Crippen LogP contribution in [0.1, 0.15) is 35.3 Å². The second-order valence-corrected chi connectivity index (χ2v) is 6.90. The van der Waals surface area contributed by atoms with Crippen LogP contribution in [0.25, 0.3) is 11.0 Å². The number of carbonyl (C=O) groups is 1. The highest BCUT2D eigenvalue weighted by molar-refractivity contribution is 5.96. The first-order valence-electron chi connectivity index (χ1n) is 10.1. The van der Waals surface area contributed by atoms with Gasteiger partial charge in [-0.05, 0) is 44.5 Å². The van der Waals surface area contributed by atoms with Gasteiger partial charge in [0.25, 0.3) is 11.5 Å². The molecule has 3 aromatic rings. The SMILES string of the molecule is CCOC(CNC(=O)c1cc2cccnc2n(Cc2ccc(C)cc2)c1=O)OCC. The van der Waals surface area contributed by atoms with E-state index in [1.807, 2.05) is 51.1 Å². The van der Waals surface area contributed by atoms with E-state index in [0.29, 0.717) is 25.4 Å². The summed E-state index contributed by atoms with van der Waals surface area (Å²) in [6.45, 7) is 7.13. The lowest BCUT2D eigenvalue weighted by atomic mass is 10.1. The molecule has 2 heterocycles. The van der Waals surface area contributed by atoms with E-state index in [-0.39, 0.29) is 17.7 Å². The van der Waals surface area contributed by atoms with Gasteiger partial charge in [-0.15, -0.1) is 0 Å². The van der Waals surface area contributed by atoms with Crippen molar-refractivity contribution in [3.05, 3.63) is 75.7 Å². The zero-order valence-corrected chi connectivity index (χ0v) is 17.6. The van der Waals surface area contributed by atoms with Gasteiger partial charge in [0.15, 0.2) is 6.29 Å². The van der Waals surface area contributed by atoms with E-state index in [9.17, 15) is 9.59 Å². The van der Waals surface area contributed by atoms with Gasteiger partial charge in [0, 0.05) is 24.8 Å². The first-order chi connectivity index (χ1) is 14.5. The predicted octanol–water partition coefficient (Wildman–Crippen LogP) is 2.88. The van der Waals surface area contributed by atoms with Crippen LogP contribution < -0.4 is 10.9 Å².